The Bertz CT molecular complexity index is 299. The molecule has 0 aromatic carbocycles. The number of hydrogen-bond acceptors (Lipinski definition) is 3. The van der Waals surface area contributed by atoms with E-state index in [0.29, 0.717) is 12.6 Å². The Balaban J connectivity index is 1.95. The van der Waals surface area contributed by atoms with E-state index in [1.807, 2.05) is 11.0 Å². The molecule has 0 amide bonds. The largest absolute Gasteiger partial charge is 0.324 e. The van der Waals surface area contributed by atoms with Gasteiger partial charge in [-0.1, -0.05) is 13.3 Å². The Morgan fingerprint density at radius 1 is 1.40 bits per heavy atom. The van der Waals surface area contributed by atoms with E-state index in [0.717, 1.165) is 11.7 Å². The van der Waals surface area contributed by atoms with E-state index in [4.69, 9.17) is 5.73 Å². The minimum atomic E-state index is 0.442. The smallest absolute Gasteiger partial charge is 0.164 e. The third kappa shape index (κ3) is 2.37. The highest BCUT2D eigenvalue weighted by molar-refractivity contribution is 4.83. The van der Waals surface area contributed by atoms with Gasteiger partial charge in [-0.2, -0.15) is 5.10 Å². The summed E-state index contributed by atoms with van der Waals surface area (Å²) in [5, 5.41) is 4.38. The maximum atomic E-state index is 5.50. The van der Waals surface area contributed by atoms with E-state index in [1.54, 1.807) is 0 Å². The zero-order chi connectivity index (χ0) is 10.7. The van der Waals surface area contributed by atoms with E-state index in [2.05, 4.69) is 17.0 Å². The predicted molar refractivity (Wildman–Crippen MR) is 59.2 cm³/mol. The Kier molecular flexibility index (Phi) is 3.36. The summed E-state index contributed by atoms with van der Waals surface area (Å²) >= 11 is 0. The lowest BCUT2D eigenvalue weighted by atomic mass is 9.85. The summed E-state index contributed by atoms with van der Waals surface area (Å²) in [6, 6.07) is 0.556. The lowest BCUT2D eigenvalue weighted by molar-refractivity contribution is 0.255. The Morgan fingerprint density at radius 3 is 2.67 bits per heavy atom. The van der Waals surface area contributed by atoms with Crippen LogP contribution in [0.25, 0.3) is 0 Å². The van der Waals surface area contributed by atoms with Gasteiger partial charge in [-0.25, -0.2) is 9.67 Å². The number of rotatable bonds is 3. The second kappa shape index (κ2) is 4.75. The van der Waals surface area contributed by atoms with Crippen LogP contribution in [0.5, 0.6) is 0 Å². The minimum absolute atomic E-state index is 0.442. The van der Waals surface area contributed by atoms with Crippen LogP contribution in [0, 0.1) is 5.92 Å². The van der Waals surface area contributed by atoms with Crippen molar-refractivity contribution in [1.29, 1.82) is 0 Å². The van der Waals surface area contributed by atoms with Crippen molar-refractivity contribution in [3.05, 3.63) is 12.2 Å². The third-order valence-electron chi connectivity index (χ3n) is 3.51. The maximum absolute atomic E-state index is 5.50. The number of nitrogens with zero attached hydrogens (tertiary/aromatic N) is 3. The van der Waals surface area contributed by atoms with Crippen LogP contribution in [0.4, 0.5) is 0 Å². The van der Waals surface area contributed by atoms with Crippen LogP contribution in [-0.2, 0) is 6.54 Å². The first kappa shape index (κ1) is 10.6. The zero-order valence-electron chi connectivity index (χ0n) is 9.39. The van der Waals surface area contributed by atoms with E-state index < -0.39 is 0 Å². The van der Waals surface area contributed by atoms with Crippen LogP contribution in [0.1, 0.15) is 50.9 Å². The predicted octanol–water partition coefficient (Wildman–Crippen LogP) is 1.88. The Labute approximate surface area is 90.9 Å². The molecule has 0 atom stereocenters. The maximum Gasteiger partial charge on any atom is 0.164 e. The van der Waals surface area contributed by atoms with Gasteiger partial charge in [-0.05, 0) is 31.6 Å². The monoisotopic (exact) mass is 208 g/mol. The van der Waals surface area contributed by atoms with Gasteiger partial charge in [-0.15, -0.1) is 0 Å². The molecule has 0 aliphatic heterocycles. The van der Waals surface area contributed by atoms with Gasteiger partial charge >= 0.3 is 0 Å². The first-order valence-corrected chi connectivity index (χ1v) is 5.93. The average molecular weight is 208 g/mol. The number of aromatic nitrogens is 3. The quantitative estimate of drug-likeness (QED) is 0.825. The van der Waals surface area contributed by atoms with Crippen LogP contribution in [0.15, 0.2) is 6.33 Å². The van der Waals surface area contributed by atoms with Crippen molar-refractivity contribution in [1.82, 2.24) is 14.8 Å². The van der Waals surface area contributed by atoms with Gasteiger partial charge in [0.25, 0.3) is 0 Å². The van der Waals surface area contributed by atoms with Crippen molar-refractivity contribution in [3.8, 4) is 0 Å². The van der Waals surface area contributed by atoms with Gasteiger partial charge in [0, 0.05) is 0 Å². The van der Waals surface area contributed by atoms with E-state index in [9.17, 15) is 0 Å². The molecular formula is C11H20N4. The van der Waals surface area contributed by atoms with Crippen molar-refractivity contribution < 1.29 is 0 Å². The number of nitrogens with two attached hydrogens (primary N) is 1. The zero-order valence-corrected chi connectivity index (χ0v) is 9.39. The fraction of sp³-hybridized carbons (Fsp3) is 0.818. The first-order chi connectivity index (χ1) is 7.33. The van der Waals surface area contributed by atoms with Crippen molar-refractivity contribution in [2.75, 3.05) is 0 Å². The lowest BCUT2D eigenvalue weighted by Crippen LogP contribution is -2.18. The average Bonchev–Trinajstić information content (AvgIpc) is 2.78. The van der Waals surface area contributed by atoms with Crippen LogP contribution >= 0.6 is 0 Å². The molecule has 1 aliphatic rings. The molecule has 1 aromatic rings. The molecule has 1 aromatic heterocycles. The fourth-order valence-corrected chi connectivity index (χ4v) is 2.40. The molecular weight excluding hydrogens is 188 g/mol. The highest BCUT2D eigenvalue weighted by Crippen LogP contribution is 2.32. The second-order valence-corrected chi connectivity index (χ2v) is 4.43. The molecule has 1 aliphatic carbocycles. The first-order valence-electron chi connectivity index (χ1n) is 5.93. The molecule has 0 saturated heterocycles. The van der Waals surface area contributed by atoms with Crippen LogP contribution in [0.2, 0.25) is 0 Å². The van der Waals surface area contributed by atoms with Gasteiger partial charge in [-0.3, -0.25) is 0 Å². The summed E-state index contributed by atoms with van der Waals surface area (Å²) in [6.45, 7) is 2.73. The highest BCUT2D eigenvalue weighted by Gasteiger charge is 2.21. The summed E-state index contributed by atoms with van der Waals surface area (Å²) < 4.78 is 2.01. The Morgan fingerprint density at radius 2 is 2.13 bits per heavy atom. The minimum Gasteiger partial charge on any atom is -0.324 e. The van der Waals surface area contributed by atoms with Crippen LogP contribution in [0.3, 0.4) is 0 Å². The molecule has 2 rings (SSSR count). The van der Waals surface area contributed by atoms with Crippen molar-refractivity contribution in [3.63, 3.8) is 0 Å². The number of hydrogen-bond donors (Lipinski definition) is 1. The van der Waals surface area contributed by atoms with Crippen LogP contribution in [-0.4, -0.2) is 14.8 Å². The van der Waals surface area contributed by atoms with Crippen molar-refractivity contribution in [2.45, 2.75) is 51.6 Å². The standard InChI is InChI=1S/C11H20N4/c1-2-9-3-5-10(6-4-9)15-8-13-11(7-12)14-15/h8-10H,2-7,12H2,1H3. The molecule has 4 nitrogen and oxygen atoms in total. The fourth-order valence-electron chi connectivity index (χ4n) is 2.40. The lowest BCUT2D eigenvalue weighted by Gasteiger charge is -2.27. The molecule has 84 valence electrons. The highest BCUT2D eigenvalue weighted by atomic mass is 15.3. The molecule has 4 heteroatoms. The van der Waals surface area contributed by atoms with Crippen LogP contribution < -0.4 is 5.73 Å². The van der Waals surface area contributed by atoms with Gasteiger partial charge in [0.15, 0.2) is 5.82 Å². The molecule has 0 radical (unpaired) electrons. The van der Waals surface area contributed by atoms with E-state index in [1.165, 1.54) is 32.1 Å². The molecule has 1 heterocycles. The summed E-state index contributed by atoms with van der Waals surface area (Å²) in [6.07, 6.45) is 8.30. The summed E-state index contributed by atoms with van der Waals surface area (Å²) in [5.74, 6) is 1.69. The third-order valence-corrected chi connectivity index (χ3v) is 3.51. The van der Waals surface area contributed by atoms with Gasteiger partial charge in [0.1, 0.15) is 6.33 Å². The van der Waals surface area contributed by atoms with E-state index >= 15 is 0 Å². The van der Waals surface area contributed by atoms with Gasteiger partial charge in [0.2, 0.25) is 0 Å². The summed E-state index contributed by atoms with van der Waals surface area (Å²) in [5.41, 5.74) is 5.50. The van der Waals surface area contributed by atoms with Crippen molar-refractivity contribution in [2.24, 2.45) is 11.7 Å². The molecule has 0 spiro atoms. The summed E-state index contributed by atoms with van der Waals surface area (Å²) in [7, 11) is 0. The molecule has 15 heavy (non-hydrogen) atoms. The second-order valence-electron chi connectivity index (χ2n) is 4.43. The molecule has 0 bridgehead atoms. The van der Waals surface area contributed by atoms with Gasteiger partial charge in [0.05, 0.1) is 12.6 Å². The Hall–Kier alpha value is -0.900. The molecule has 2 N–H and O–H groups in total. The van der Waals surface area contributed by atoms with Crippen molar-refractivity contribution >= 4 is 0 Å². The molecule has 1 saturated carbocycles. The molecule has 0 unspecified atom stereocenters. The van der Waals surface area contributed by atoms with Gasteiger partial charge < -0.3 is 5.73 Å². The topological polar surface area (TPSA) is 56.7 Å². The normalized spacial score (nSPS) is 26.8. The molecule has 1 fully saturated rings. The SMILES string of the molecule is CCC1CCC(n2cnc(CN)n2)CC1. The van der Waals surface area contributed by atoms with E-state index in [-0.39, 0.29) is 0 Å². The summed E-state index contributed by atoms with van der Waals surface area (Å²) in [4.78, 5) is 4.18.